The summed E-state index contributed by atoms with van der Waals surface area (Å²) in [5.41, 5.74) is 1.35. The molecule has 1 heterocycles. The number of hydrogen-bond acceptors (Lipinski definition) is 3. The van der Waals surface area contributed by atoms with Crippen molar-refractivity contribution in [2.24, 2.45) is 5.92 Å². The number of hydrogen-bond donors (Lipinski definition) is 1. The highest BCUT2D eigenvalue weighted by Gasteiger charge is 2.25. The summed E-state index contributed by atoms with van der Waals surface area (Å²) in [4.78, 5) is 7.33. The molecule has 1 aliphatic rings. The van der Waals surface area contributed by atoms with Gasteiger partial charge in [0.25, 0.3) is 0 Å². The molecule has 0 aromatic carbocycles. The van der Waals surface area contributed by atoms with E-state index < -0.39 is 0 Å². The van der Waals surface area contributed by atoms with Crippen molar-refractivity contribution in [3.05, 3.63) is 23.9 Å². The topological polar surface area (TPSA) is 28.2 Å². The van der Waals surface area contributed by atoms with Gasteiger partial charge in [-0.3, -0.25) is 0 Å². The average molecular weight is 289 g/mol. The molecule has 1 saturated carbocycles. The lowest BCUT2D eigenvalue weighted by molar-refractivity contribution is 0.528. The predicted molar refractivity (Wildman–Crippen MR) is 90.7 cm³/mol. The Morgan fingerprint density at radius 1 is 1.33 bits per heavy atom. The van der Waals surface area contributed by atoms with E-state index in [4.69, 9.17) is 4.98 Å². The first-order chi connectivity index (χ1) is 10.2. The zero-order valence-corrected chi connectivity index (χ0v) is 13.9. The fourth-order valence-electron chi connectivity index (χ4n) is 3.24. The van der Waals surface area contributed by atoms with Crippen LogP contribution in [0.1, 0.15) is 58.4 Å². The molecule has 21 heavy (non-hydrogen) atoms. The molecule has 1 fully saturated rings. The molecule has 0 unspecified atom stereocenters. The van der Waals surface area contributed by atoms with Gasteiger partial charge in [0.2, 0.25) is 0 Å². The van der Waals surface area contributed by atoms with Crippen LogP contribution < -0.4 is 10.2 Å². The van der Waals surface area contributed by atoms with Gasteiger partial charge in [0.05, 0.1) is 0 Å². The Morgan fingerprint density at radius 3 is 2.76 bits per heavy atom. The van der Waals surface area contributed by atoms with Crippen LogP contribution in [-0.4, -0.2) is 24.1 Å². The molecule has 0 atom stereocenters. The van der Waals surface area contributed by atoms with E-state index in [1.807, 2.05) is 6.20 Å². The van der Waals surface area contributed by atoms with Gasteiger partial charge >= 0.3 is 0 Å². The molecule has 3 heteroatoms. The van der Waals surface area contributed by atoms with Crippen molar-refractivity contribution < 1.29 is 0 Å². The van der Waals surface area contributed by atoms with E-state index in [2.05, 4.69) is 43.1 Å². The molecule has 0 spiro atoms. The molecular weight excluding hydrogens is 258 g/mol. The highest BCUT2D eigenvalue weighted by Crippen LogP contribution is 2.29. The minimum Gasteiger partial charge on any atom is -0.353 e. The molecule has 118 valence electrons. The lowest BCUT2D eigenvalue weighted by atomic mass is 10.1. The zero-order valence-electron chi connectivity index (χ0n) is 13.9. The highest BCUT2D eigenvalue weighted by atomic mass is 15.2. The summed E-state index contributed by atoms with van der Waals surface area (Å²) in [6.07, 6.45) is 8.51. The quantitative estimate of drug-likeness (QED) is 0.734. The first-order valence-corrected chi connectivity index (χ1v) is 8.63. The normalized spacial score (nSPS) is 15.8. The van der Waals surface area contributed by atoms with Crippen LogP contribution in [0, 0.1) is 5.92 Å². The van der Waals surface area contributed by atoms with Crippen LogP contribution >= 0.6 is 0 Å². The van der Waals surface area contributed by atoms with E-state index in [9.17, 15) is 0 Å². The fraction of sp³-hybridized carbons (Fsp3) is 0.722. The van der Waals surface area contributed by atoms with Gasteiger partial charge in [-0.05, 0) is 37.8 Å². The van der Waals surface area contributed by atoms with Crippen LogP contribution in [0.2, 0.25) is 0 Å². The third-order valence-corrected chi connectivity index (χ3v) is 4.21. The van der Waals surface area contributed by atoms with Gasteiger partial charge in [0.1, 0.15) is 5.82 Å². The Bertz CT molecular complexity index is 411. The maximum Gasteiger partial charge on any atom is 0.133 e. The molecule has 1 aliphatic carbocycles. The number of nitrogens with zero attached hydrogens (tertiary/aromatic N) is 2. The van der Waals surface area contributed by atoms with Gasteiger partial charge in [-0.2, -0.15) is 0 Å². The standard InChI is InChI=1S/C18H31N3/c1-4-11-19-13-16-8-7-12-20-18(16)21(14-15(2)3)17-9-5-6-10-17/h7-8,12,15,17,19H,4-6,9-11,13-14H2,1-3H3. The largest absolute Gasteiger partial charge is 0.353 e. The molecule has 0 aliphatic heterocycles. The Kier molecular flexibility index (Phi) is 6.50. The smallest absolute Gasteiger partial charge is 0.133 e. The molecule has 0 saturated heterocycles. The summed E-state index contributed by atoms with van der Waals surface area (Å²) >= 11 is 0. The summed E-state index contributed by atoms with van der Waals surface area (Å²) in [6.45, 7) is 9.93. The summed E-state index contributed by atoms with van der Waals surface area (Å²) < 4.78 is 0. The molecule has 3 nitrogen and oxygen atoms in total. The van der Waals surface area contributed by atoms with E-state index in [1.54, 1.807) is 0 Å². The lowest BCUT2D eigenvalue weighted by Crippen LogP contribution is -2.38. The van der Waals surface area contributed by atoms with Crippen molar-refractivity contribution in [3.63, 3.8) is 0 Å². The van der Waals surface area contributed by atoms with Gasteiger partial charge in [0, 0.05) is 30.9 Å². The van der Waals surface area contributed by atoms with Gasteiger partial charge in [-0.1, -0.05) is 39.7 Å². The van der Waals surface area contributed by atoms with Crippen molar-refractivity contribution in [2.75, 3.05) is 18.0 Å². The van der Waals surface area contributed by atoms with Gasteiger partial charge in [-0.15, -0.1) is 0 Å². The van der Waals surface area contributed by atoms with Crippen LogP contribution in [0.15, 0.2) is 18.3 Å². The molecule has 2 rings (SSSR count). The average Bonchev–Trinajstić information content (AvgIpc) is 2.99. The van der Waals surface area contributed by atoms with E-state index in [-0.39, 0.29) is 0 Å². The molecule has 0 bridgehead atoms. The minimum atomic E-state index is 0.670. The van der Waals surface area contributed by atoms with Crippen molar-refractivity contribution in [3.8, 4) is 0 Å². The predicted octanol–water partition coefficient (Wildman–Crippen LogP) is 3.99. The van der Waals surface area contributed by atoms with Crippen LogP contribution in [0.3, 0.4) is 0 Å². The summed E-state index contributed by atoms with van der Waals surface area (Å²) in [6, 6.07) is 4.98. The van der Waals surface area contributed by atoms with E-state index >= 15 is 0 Å². The van der Waals surface area contributed by atoms with Crippen LogP contribution in [0.4, 0.5) is 5.82 Å². The Morgan fingerprint density at radius 2 is 2.10 bits per heavy atom. The van der Waals surface area contributed by atoms with Crippen molar-refractivity contribution in [2.45, 2.75) is 65.5 Å². The lowest BCUT2D eigenvalue weighted by Gasteiger charge is -2.33. The second kappa shape index (κ2) is 8.38. The monoisotopic (exact) mass is 289 g/mol. The fourth-order valence-corrected chi connectivity index (χ4v) is 3.24. The molecule has 1 aromatic rings. The highest BCUT2D eigenvalue weighted by molar-refractivity contribution is 5.48. The number of nitrogens with one attached hydrogen (secondary N) is 1. The number of aromatic nitrogens is 1. The Hall–Kier alpha value is -1.09. The van der Waals surface area contributed by atoms with Crippen molar-refractivity contribution in [1.82, 2.24) is 10.3 Å². The molecule has 0 amide bonds. The zero-order chi connectivity index (χ0) is 15.1. The van der Waals surface area contributed by atoms with Crippen molar-refractivity contribution in [1.29, 1.82) is 0 Å². The van der Waals surface area contributed by atoms with Crippen molar-refractivity contribution >= 4 is 5.82 Å². The van der Waals surface area contributed by atoms with Crippen LogP contribution in [0.5, 0.6) is 0 Å². The molecule has 1 aromatic heterocycles. The summed E-state index contributed by atoms with van der Waals surface area (Å²) in [5.74, 6) is 1.88. The maximum absolute atomic E-state index is 4.74. The van der Waals surface area contributed by atoms with E-state index in [0.29, 0.717) is 12.0 Å². The van der Waals surface area contributed by atoms with Gasteiger partial charge in [-0.25, -0.2) is 4.98 Å². The number of rotatable bonds is 8. The van der Waals surface area contributed by atoms with Gasteiger partial charge < -0.3 is 10.2 Å². The van der Waals surface area contributed by atoms with Crippen LogP contribution in [-0.2, 0) is 6.54 Å². The molecule has 1 N–H and O–H groups in total. The second-order valence-electron chi connectivity index (χ2n) is 6.65. The Labute approximate surface area is 130 Å². The second-order valence-corrected chi connectivity index (χ2v) is 6.65. The first kappa shape index (κ1) is 16.3. The number of anilines is 1. The Balaban J connectivity index is 2.17. The van der Waals surface area contributed by atoms with E-state index in [0.717, 1.165) is 19.6 Å². The molecule has 0 radical (unpaired) electrons. The van der Waals surface area contributed by atoms with E-state index in [1.165, 1.54) is 43.5 Å². The van der Waals surface area contributed by atoms with Gasteiger partial charge in [0.15, 0.2) is 0 Å². The third kappa shape index (κ3) is 4.70. The summed E-state index contributed by atoms with van der Waals surface area (Å²) in [5, 5.41) is 3.52. The van der Waals surface area contributed by atoms with Crippen LogP contribution in [0.25, 0.3) is 0 Å². The number of pyridine rings is 1. The third-order valence-electron chi connectivity index (χ3n) is 4.21. The molecular formula is C18H31N3. The first-order valence-electron chi connectivity index (χ1n) is 8.63. The summed E-state index contributed by atoms with van der Waals surface area (Å²) in [7, 11) is 0. The minimum absolute atomic E-state index is 0.670. The maximum atomic E-state index is 4.74. The SMILES string of the molecule is CCCNCc1cccnc1N(CC(C)C)C1CCCC1.